The Morgan fingerprint density at radius 3 is 2.85 bits per heavy atom. The molecule has 0 spiro atoms. The van der Waals surface area contributed by atoms with E-state index in [9.17, 15) is 14.4 Å². The van der Waals surface area contributed by atoms with Gasteiger partial charge in [-0.25, -0.2) is 9.59 Å². The number of thioether (sulfide) groups is 1. The number of benzene rings is 1. The molecule has 0 aliphatic carbocycles. The molecule has 2 rings (SSSR count). The summed E-state index contributed by atoms with van der Waals surface area (Å²) in [7, 11) is 1.53. The van der Waals surface area contributed by atoms with Gasteiger partial charge in [-0.1, -0.05) is 0 Å². The summed E-state index contributed by atoms with van der Waals surface area (Å²) in [6.45, 7) is 2.08. The number of rotatable bonds is 4. The molecular formula is C13H13NO5S. The molecule has 1 heterocycles. The smallest absolute Gasteiger partial charge is 0.422 e. The van der Waals surface area contributed by atoms with Gasteiger partial charge in [0.2, 0.25) is 0 Å². The second-order valence-corrected chi connectivity index (χ2v) is 5.04. The third-order valence-electron chi connectivity index (χ3n) is 2.67. The molecule has 0 aliphatic heterocycles. The second kappa shape index (κ2) is 5.96. The molecule has 0 atom stereocenters. The molecule has 6 nitrogen and oxygen atoms in total. The Morgan fingerprint density at radius 1 is 1.40 bits per heavy atom. The third-order valence-corrected chi connectivity index (χ3v) is 3.63. The molecule has 0 unspecified atom stereocenters. The van der Waals surface area contributed by atoms with Crippen molar-refractivity contribution in [2.24, 2.45) is 7.05 Å². The highest BCUT2D eigenvalue weighted by molar-refractivity contribution is 8.00. The van der Waals surface area contributed by atoms with Crippen LogP contribution in [0.1, 0.15) is 6.92 Å². The van der Waals surface area contributed by atoms with Gasteiger partial charge >= 0.3 is 17.4 Å². The van der Waals surface area contributed by atoms with Crippen molar-refractivity contribution < 1.29 is 13.9 Å². The zero-order valence-electron chi connectivity index (χ0n) is 11.0. The number of aryl methyl sites for hydroxylation is 1. The van der Waals surface area contributed by atoms with Crippen LogP contribution < -0.4 is 11.4 Å². The van der Waals surface area contributed by atoms with E-state index in [1.165, 1.54) is 23.4 Å². The minimum Gasteiger partial charge on any atom is -0.465 e. The van der Waals surface area contributed by atoms with Crippen LogP contribution in [-0.4, -0.2) is 22.9 Å². The van der Waals surface area contributed by atoms with Gasteiger partial charge in [0.25, 0.3) is 0 Å². The molecule has 0 radical (unpaired) electrons. The van der Waals surface area contributed by atoms with E-state index in [2.05, 4.69) is 4.42 Å². The minimum absolute atomic E-state index is 0.163. The number of carbonyl (C=O) groups is 1. The van der Waals surface area contributed by atoms with Crippen molar-refractivity contribution in [2.45, 2.75) is 11.8 Å². The molecule has 0 saturated carbocycles. The van der Waals surface area contributed by atoms with E-state index in [4.69, 9.17) is 4.74 Å². The van der Waals surface area contributed by atoms with Crippen LogP contribution in [0.3, 0.4) is 0 Å². The number of carbonyl (C=O) groups excluding carboxylic acids is 1. The summed E-state index contributed by atoms with van der Waals surface area (Å²) in [5, 5.41) is 0.306. The SMILES string of the molecule is CCOC(=O)CSc1ccc2c(c1)c(=O)oc(=O)n2C. The molecule has 0 saturated heterocycles. The van der Waals surface area contributed by atoms with E-state index in [-0.39, 0.29) is 11.7 Å². The van der Waals surface area contributed by atoms with Gasteiger partial charge in [-0.15, -0.1) is 11.8 Å². The van der Waals surface area contributed by atoms with E-state index in [1.807, 2.05) is 0 Å². The van der Waals surface area contributed by atoms with Crippen LogP contribution in [0.25, 0.3) is 10.9 Å². The quantitative estimate of drug-likeness (QED) is 0.622. The highest BCUT2D eigenvalue weighted by atomic mass is 32.2. The van der Waals surface area contributed by atoms with Gasteiger partial charge in [0.1, 0.15) is 0 Å². The van der Waals surface area contributed by atoms with E-state index in [0.29, 0.717) is 17.5 Å². The lowest BCUT2D eigenvalue weighted by Crippen LogP contribution is -2.22. The molecule has 0 amide bonds. The first-order valence-corrected chi connectivity index (χ1v) is 6.93. The summed E-state index contributed by atoms with van der Waals surface area (Å²) in [6, 6.07) is 5.00. The second-order valence-electron chi connectivity index (χ2n) is 3.99. The molecule has 0 N–H and O–H groups in total. The van der Waals surface area contributed by atoms with Crippen molar-refractivity contribution in [1.82, 2.24) is 4.57 Å². The maximum atomic E-state index is 11.7. The Balaban J connectivity index is 2.33. The molecular weight excluding hydrogens is 282 g/mol. The van der Waals surface area contributed by atoms with Gasteiger partial charge in [0.05, 0.1) is 23.3 Å². The highest BCUT2D eigenvalue weighted by Crippen LogP contribution is 2.21. The van der Waals surface area contributed by atoms with Gasteiger partial charge in [-0.2, -0.15) is 0 Å². The van der Waals surface area contributed by atoms with E-state index in [1.54, 1.807) is 25.1 Å². The van der Waals surface area contributed by atoms with Crippen molar-refractivity contribution in [3.63, 3.8) is 0 Å². The minimum atomic E-state index is -0.700. The molecule has 0 bridgehead atoms. The van der Waals surface area contributed by atoms with Crippen molar-refractivity contribution in [3.8, 4) is 0 Å². The summed E-state index contributed by atoms with van der Waals surface area (Å²) in [6.07, 6.45) is 0. The fraction of sp³-hybridized carbons (Fsp3) is 0.308. The number of esters is 1. The fourth-order valence-electron chi connectivity index (χ4n) is 1.71. The van der Waals surface area contributed by atoms with E-state index < -0.39 is 11.4 Å². The number of hydrogen-bond acceptors (Lipinski definition) is 6. The molecule has 106 valence electrons. The predicted octanol–water partition coefficient (Wildman–Crippen LogP) is 1.15. The molecule has 1 aromatic heterocycles. The molecule has 1 aromatic carbocycles. The Hall–Kier alpha value is -2.02. The van der Waals surface area contributed by atoms with Crippen molar-refractivity contribution in [1.29, 1.82) is 0 Å². The Morgan fingerprint density at radius 2 is 2.15 bits per heavy atom. The van der Waals surface area contributed by atoms with Gasteiger partial charge in [0.15, 0.2) is 0 Å². The average Bonchev–Trinajstić information content (AvgIpc) is 2.43. The van der Waals surface area contributed by atoms with Crippen LogP contribution >= 0.6 is 11.8 Å². The average molecular weight is 295 g/mol. The fourth-order valence-corrected chi connectivity index (χ4v) is 2.44. The summed E-state index contributed by atoms with van der Waals surface area (Å²) >= 11 is 1.26. The predicted molar refractivity (Wildman–Crippen MR) is 75.1 cm³/mol. The van der Waals surface area contributed by atoms with Crippen LogP contribution in [0, 0.1) is 0 Å². The Bertz CT molecular complexity index is 761. The number of aromatic nitrogens is 1. The topological polar surface area (TPSA) is 78.5 Å². The standard InChI is InChI=1S/C13H13NO5S/c1-3-18-11(15)7-20-8-4-5-10-9(6-8)12(16)19-13(17)14(10)2/h4-6H,3,7H2,1-2H3. The first-order chi connectivity index (χ1) is 9.52. The van der Waals surface area contributed by atoms with Crippen molar-refractivity contribution in [3.05, 3.63) is 39.2 Å². The number of hydrogen-bond donors (Lipinski definition) is 0. The zero-order valence-corrected chi connectivity index (χ0v) is 11.9. The number of ether oxygens (including phenoxy) is 1. The summed E-state index contributed by atoms with van der Waals surface area (Å²) < 4.78 is 10.7. The lowest BCUT2D eigenvalue weighted by Gasteiger charge is -2.05. The molecule has 20 heavy (non-hydrogen) atoms. The number of fused-ring (bicyclic) bond motifs is 1. The molecule has 0 fully saturated rings. The summed E-state index contributed by atoms with van der Waals surface area (Å²) in [5.41, 5.74) is -0.187. The Kier molecular flexibility index (Phi) is 4.29. The van der Waals surface area contributed by atoms with E-state index in [0.717, 1.165) is 4.90 Å². The van der Waals surface area contributed by atoms with Crippen molar-refractivity contribution in [2.75, 3.05) is 12.4 Å². The van der Waals surface area contributed by atoms with Crippen LogP contribution in [-0.2, 0) is 16.6 Å². The summed E-state index contributed by atoms with van der Waals surface area (Å²) in [4.78, 5) is 35.0. The van der Waals surface area contributed by atoms with Gasteiger partial charge < -0.3 is 9.15 Å². The Labute approximate surface area is 118 Å². The van der Waals surface area contributed by atoms with Crippen molar-refractivity contribution >= 4 is 28.6 Å². The van der Waals surface area contributed by atoms with Gasteiger partial charge in [0, 0.05) is 11.9 Å². The first-order valence-electron chi connectivity index (χ1n) is 5.95. The zero-order chi connectivity index (χ0) is 14.7. The van der Waals surface area contributed by atoms with Gasteiger partial charge in [-0.3, -0.25) is 9.36 Å². The van der Waals surface area contributed by atoms with Crippen LogP contribution in [0.5, 0.6) is 0 Å². The normalized spacial score (nSPS) is 10.7. The maximum absolute atomic E-state index is 11.7. The van der Waals surface area contributed by atoms with Crippen LogP contribution in [0.15, 0.2) is 37.1 Å². The van der Waals surface area contributed by atoms with E-state index >= 15 is 0 Å². The van der Waals surface area contributed by atoms with Crippen LogP contribution in [0.4, 0.5) is 0 Å². The summed E-state index contributed by atoms with van der Waals surface area (Å²) in [5.74, 6) is -0.851. The lowest BCUT2D eigenvalue weighted by molar-refractivity contribution is -0.139. The highest BCUT2D eigenvalue weighted by Gasteiger charge is 2.09. The monoisotopic (exact) mass is 295 g/mol. The molecule has 0 aliphatic rings. The number of nitrogens with zero attached hydrogens (tertiary/aromatic N) is 1. The molecule has 2 aromatic rings. The molecule has 7 heteroatoms. The lowest BCUT2D eigenvalue weighted by atomic mass is 10.2. The van der Waals surface area contributed by atoms with Crippen LogP contribution in [0.2, 0.25) is 0 Å². The largest absolute Gasteiger partial charge is 0.465 e. The first kappa shape index (κ1) is 14.4. The maximum Gasteiger partial charge on any atom is 0.422 e. The third kappa shape index (κ3) is 2.93. The van der Waals surface area contributed by atoms with Gasteiger partial charge in [-0.05, 0) is 25.1 Å².